The van der Waals surface area contributed by atoms with Crippen molar-refractivity contribution in [2.24, 2.45) is 0 Å². The summed E-state index contributed by atoms with van der Waals surface area (Å²) in [6, 6.07) is 14.3. The first-order chi connectivity index (χ1) is 26.0. The standard InChI is InChI=1S/C39H40ClF3N6O5/c1-52-31-17-21(6-7-22(31)18-44-20-24-8-12-33(50)47-24)36-35(40)28(14-15-45-36)25-4-3-5-27-26(25)9-10-30(27)54-38-29(39(41,42)43)16-23(37(49-38)53-2)19-46-32-11-13-34(51)48-32/h3-7,14-17,24,30,32,44,46H,8-13,18-20H2,1-2H3,(H,47,50)(H,48,51)/t24-,30-,32-/m0/s1. The van der Waals surface area contributed by atoms with E-state index >= 15 is 0 Å². The number of pyridine rings is 2. The van der Waals surface area contributed by atoms with Crippen molar-refractivity contribution in [3.63, 3.8) is 0 Å². The summed E-state index contributed by atoms with van der Waals surface area (Å²) < 4.78 is 60.5. The Kier molecular flexibility index (Phi) is 11.0. The minimum Gasteiger partial charge on any atom is -0.496 e. The van der Waals surface area contributed by atoms with Gasteiger partial charge in [-0.3, -0.25) is 19.9 Å². The second-order valence-electron chi connectivity index (χ2n) is 13.5. The number of benzene rings is 2. The molecule has 2 fully saturated rings. The summed E-state index contributed by atoms with van der Waals surface area (Å²) in [7, 11) is 2.94. The molecule has 0 unspecified atom stereocenters. The van der Waals surface area contributed by atoms with E-state index in [4.69, 9.17) is 25.8 Å². The molecule has 4 heterocycles. The third-order valence-corrected chi connectivity index (χ3v) is 10.4. The molecule has 284 valence electrons. The molecule has 54 heavy (non-hydrogen) atoms. The average Bonchev–Trinajstić information content (AvgIpc) is 3.90. The van der Waals surface area contributed by atoms with Gasteiger partial charge in [-0.05, 0) is 60.6 Å². The van der Waals surface area contributed by atoms with Crippen molar-refractivity contribution in [2.75, 3.05) is 20.8 Å². The molecule has 4 N–H and O–H groups in total. The number of methoxy groups -OCH3 is 2. The van der Waals surface area contributed by atoms with Crippen LogP contribution in [-0.2, 0) is 35.3 Å². The largest absolute Gasteiger partial charge is 0.496 e. The molecule has 2 aromatic heterocycles. The predicted molar refractivity (Wildman–Crippen MR) is 195 cm³/mol. The minimum atomic E-state index is -4.75. The highest BCUT2D eigenvalue weighted by molar-refractivity contribution is 6.35. The van der Waals surface area contributed by atoms with Crippen molar-refractivity contribution in [2.45, 2.75) is 76.1 Å². The van der Waals surface area contributed by atoms with Gasteiger partial charge in [0.05, 0.1) is 31.1 Å². The molecular formula is C39H40ClF3N6O5. The number of rotatable bonds is 13. The Balaban J connectivity index is 1.12. The molecular weight excluding hydrogens is 725 g/mol. The number of ether oxygens (including phenoxy) is 3. The third-order valence-electron chi connectivity index (χ3n) is 10.1. The Morgan fingerprint density at radius 2 is 1.70 bits per heavy atom. The zero-order valence-electron chi connectivity index (χ0n) is 29.7. The molecule has 3 atom stereocenters. The molecule has 3 aliphatic rings. The van der Waals surface area contributed by atoms with Gasteiger partial charge in [0.25, 0.3) is 0 Å². The molecule has 2 aromatic carbocycles. The lowest BCUT2D eigenvalue weighted by atomic mass is 9.95. The third kappa shape index (κ3) is 7.96. The van der Waals surface area contributed by atoms with E-state index in [-0.39, 0.29) is 42.0 Å². The van der Waals surface area contributed by atoms with E-state index in [1.807, 2.05) is 42.5 Å². The Morgan fingerprint density at radius 1 is 0.889 bits per heavy atom. The first kappa shape index (κ1) is 37.4. The number of aromatic nitrogens is 2. The normalized spacial score (nSPS) is 19.4. The molecule has 0 saturated carbocycles. The van der Waals surface area contributed by atoms with Crippen LogP contribution in [0.1, 0.15) is 66.0 Å². The van der Waals surface area contributed by atoms with Gasteiger partial charge in [0, 0.05) is 67.0 Å². The molecule has 2 saturated heterocycles. The van der Waals surface area contributed by atoms with Crippen molar-refractivity contribution < 1.29 is 37.0 Å². The number of hydrogen-bond acceptors (Lipinski definition) is 9. The summed E-state index contributed by atoms with van der Waals surface area (Å²) in [5, 5.41) is 12.6. The van der Waals surface area contributed by atoms with E-state index in [2.05, 4.69) is 31.2 Å². The van der Waals surface area contributed by atoms with Crippen LogP contribution in [0.4, 0.5) is 13.2 Å². The highest BCUT2D eigenvalue weighted by Gasteiger charge is 2.39. The van der Waals surface area contributed by atoms with E-state index in [9.17, 15) is 22.8 Å². The maximum Gasteiger partial charge on any atom is 0.421 e. The first-order valence-corrected chi connectivity index (χ1v) is 18.2. The SMILES string of the molecule is COc1cc(-c2nccc(-c3cccc4c3CC[C@@H]4Oc3nc(OC)c(CN[C@@H]4CCC(=O)N4)cc3C(F)(F)F)c2Cl)ccc1CNC[C@@H]1CCC(=O)N1. The van der Waals surface area contributed by atoms with Gasteiger partial charge >= 0.3 is 6.18 Å². The number of halogens is 4. The maximum absolute atomic E-state index is 14.4. The van der Waals surface area contributed by atoms with Gasteiger partial charge in [-0.25, -0.2) is 0 Å². The summed E-state index contributed by atoms with van der Waals surface area (Å²) in [5.41, 5.74) is 4.65. The van der Waals surface area contributed by atoms with Crippen LogP contribution >= 0.6 is 11.6 Å². The Labute approximate surface area is 315 Å². The van der Waals surface area contributed by atoms with Crippen LogP contribution in [0.5, 0.6) is 17.5 Å². The van der Waals surface area contributed by atoms with Crippen molar-refractivity contribution in [1.82, 2.24) is 31.2 Å². The molecule has 2 amide bonds. The second kappa shape index (κ2) is 15.8. The topological polar surface area (TPSA) is 136 Å². The summed E-state index contributed by atoms with van der Waals surface area (Å²) in [4.78, 5) is 31.9. The molecule has 0 bridgehead atoms. The molecule has 4 aromatic rings. The van der Waals surface area contributed by atoms with Crippen LogP contribution < -0.4 is 35.5 Å². The van der Waals surface area contributed by atoms with Crippen LogP contribution in [0.3, 0.4) is 0 Å². The Hall–Kier alpha value is -4.92. The maximum atomic E-state index is 14.4. The molecule has 0 spiro atoms. The van der Waals surface area contributed by atoms with Gasteiger partial charge in [0.15, 0.2) is 0 Å². The Morgan fingerprint density at radius 3 is 2.43 bits per heavy atom. The van der Waals surface area contributed by atoms with Crippen molar-refractivity contribution in [3.05, 3.63) is 87.6 Å². The molecule has 0 radical (unpaired) electrons. The van der Waals surface area contributed by atoms with Gasteiger partial charge in [-0.1, -0.05) is 41.9 Å². The smallest absolute Gasteiger partial charge is 0.421 e. The fourth-order valence-corrected chi connectivity index (χ4v) is 7.67. The highest BCUT2D eigenvalue weighted by atomic mass is 35.5. The van der Waals surface area contributed by atoms with E-state index in [0.717, 1.165) is 45.9 Å². The van der Waals surface area contributed by atoms with Crippen molar-refractivity contribution in [1.29, 1.82) is 0 Å². The number of hydrogen-bond donors (Lipinski definition) is 4. The number of alkyl halides is 3. The first-order valence-electron chi connectivity index (χ1n) is 17.8. The number of nitrogens with one attached hydrogen (secondary N) is 4. The van der Waals surface area contributed by atoms with E-state index in [1.54, 1.807) is 13.3 Å². The minimum absolute atomic E-state index is 0.00196. The predicted octanol–water partition coefficient (Wildman–Crippen LogP) is 6.26. The number of amides is 2. The van der Waals surface area contributed by atoms with Gasteiger partial charge < -0.3 is 30.2 Å². The molecule has 1 aliphatic carbocycles. The van der Waals surface area contributed by atoms with Crippen LogP contribution in [-0.4, -0.2) is 54.8 Å². The van der Waals surface area contributed by atoms with Gasteiger partial charge in [0.2, 0.25) is 23.6 Å². The van der Waals surface area contributed by atoms with Gasteiger partial charge in [-0.15, -0.1) is 0 Å². The second-order valence-corrected chi connectivity index (χ2v) is 13.9. The monoisotopic (exact) mass is 764 g/mol. The molecule has 2 aliphatic heterocycles. The fourth-order valence-electron chi connectivity index (χ4n) is 7.35. The molecule has 11 nitrogen and oxygen atoms in total. The van der Waals surface area contributed by atoms with Crippen LogP contribution in [0.25, 0.3) is 22.4 Å². The van der Waals surface area contributed by atoms with Gasteiger partial charge in [-0.2, -0.15) is 18.2 Å². The van der Waals surface area contributed by atoms with Crippen LogP contribution in [0.2, 0.25) is 5.02 Å². The van der Waals surface area contributed by atoms with Crippen molar-refractivity contribution >= 4 is 23.4 Å². The molecule has 15 heteroatoms. The number of carbonyl (C=O) groups excluding carboxylic acids is 2. The van der Waals surface area contributed by atoms with Crippen LogP contribution in [0, 0.1) is 0 Å². The Bertz CT molecular complexity index is 2060. The summed E-state index contributed by atoms with van der Waals surface area (Å²) in [6.45, 7) is 1.21. The van der Waals surface area contributed by atoms with E-state index in [1.165, 1.54) is 7.11 Å². The zero-order valence-corrected chi connectivity index (χ0v) is 30.5. The van der Waals surface area contributed by atoms with Crippen molar-refractivity contribution in [3.8, 4) is 39.9 Å². The average molecular weight is 765 g/mol. The highest BCUT2D eigenvalue weighted by Crippen LogP contribution is 2.46. The zero-order chi connectivity index (χ0) is 38.0. The van der Waals surface area contributed by atoms with E-state index in [0.29, 0.717) is 61.7 Å². The fraction of sp³-hybridized carbons (Fsp3) is 0.385. The number of nitrogens with zero attached hydrogens (tertiary/aromatic N) is 2. The number of carbonyl (C=O) groups is 2. The summed E-state index contributed by atoms with van der Waals surface area (Å²) >= 11 is 7.09. The van der Waals surface area contributed by atoms with Crippen LogP contribution in [0.15, 0.2) is 54.7 Å². The lowest BCUT2D eigenvalue weighted by Crippen LogP contribution is -2.38. The summed E-state index contributed by atoms with van der Waals surface area (Å²) in [6.07, 6.45) is -0.926. The quantitative estimate of drug-likeness (QED) is 0.124. The summed E-state index contributed by atoms with van der Waals surface area (Å²) in [5.74, 6) is 0.0499. The number of fused-ring (bicyclic) bond motifs is 1. The van der Waals surface area contributed by atoms with E-state index < -0.39 is 23.7 Å². The van der Waals surface area contributed by atoms with Gasteiger partial charge in [0.1, 0.15) is 17.4 Å². The lowest BCUT2D eigenvalue weighted by molar-refractivity contribution is -0.139. The molecule has 7 rings (SSSR count). The lowest BCUT2D eigenvalue weighted by Gasteiger charge is -2.21.